The molecule has 2 N–H and O–H groups in total. The van der Waals surface area contributed by atoms with Crippen LogP contribution in [-0.2, 0) is 0 Å². The van der Waals surface area contributed by atoms with Gasteiger partial charge in [-0.15, -0.1) is 0 Å². The van der Waals surface area contributed by atoms with E-state index in [9.17, 15) is 9.90 Å². The Morgan fingerprint density at radius 2 is 2.17 bits per heavy atom. The predicted octanol–water partition coefficient (Wildman–Crippen LogP) is 2.98. The Morgan fingerprint density at radius 1 is 1.50 bits per heavy atom. The topological polar surface area (TPSA) is 49.3 Å². The van der Waals surface area contributed by atoms with Crippen molar-refractivity contribution < 1.29 is 9.90 Å². The van der Waals surface area contributed by atoms with Crippen molar-refractivity contribution in [3.63, 3.8) is 0 Å². The maximum Gasteiger partial charge on any atom is 0.251 e. The lowest BCUT2D eigenvalue weighted by Gasteiger charge is -2.25. The molecule has 0 heterocycles. The van der Waals surface area contributed by atoms with Gasteiger partial charge < -0.3 is 10.4 Å². The third-order valence-electron chi connectivity index (χ3n) is 2.56. The van der Waals surface area contributed by atoms with Crippen molar-refractivity contribution in [1.82, 2.24) is 5.32 Å². The summed E-state index contributed by atoms with van der Waals surface area (Å²) in [5.41, 5.74) is -0.278. The molecule has 1 aromatic rings. The SMILES string of the molecule is CC(C)CC(C)(O)CNC(=O)c1cccc(Br)c1. The monoisotopic (exact) mass is 313 g/mol. The fourth-order valence-corrected chi connectivity index (χ4v) is 2.35. The molecule has 1 aromatic carbocycles. The third kappa shape index (κ3) is 5.19. The first-order valence-electron chi connectivity index (χ1n) is 6.06. The Hall–Kier alpha value is -0.870. The molecular formula is C14H20BrNO2. The second kappa shape index (κ2) is 6.34. The molecule has 0 aliphatic heterocycles. The molecular weight excluding hydrogens is 294 g/mol. The molecule has 1 unspecified atom stereocenters. The highest BCUT2D eigenvalue weighted by Gasteiger charge is 2.22. The number of halogens is 1. The van der Waals surface area contributed by atoms with Crippen LogP contribution in [0.3, 0.4) is 0 Å². The zero-order chi connectivity index (χ0) is 13.8. The van der Waals surface area contributed by atoms with Gasteiger partial charge in [0.15, 0.2) is 0 Å². The summed E-state index contributed by atoms with van der Waals surface area (Å²) in [7, 11) is 0. The number of hydrogen-bond acceptors (Lipinski definition) is 2. The molecule has 0 spiro atoms. The molecule has 0 saturated heterocycles. The van der Waals surface area contributed by atoms with Crippen LogP contribution in [0.4, 0.5) is 0 Å². The largest absolute Gasteiger partial charge is 0.388 e. The maximum atomic E-state index is 11.9. The van der Waals surface area contributed by atoms with Crippen molar-refractivity contribution in [2.45, 2.75) is 32.8 Å². The lowest BCUT2D eigenvalue weighted by atomic mass is 9.94. The Kier molecular flexibility index (Phi) is 5.35. The van der Waals surface area contributed by atoms with Gasteiger partial charge in [-0.3, -0.25) is 4.79 Å². The van der Waals surface area contributed by atoms with Crippen LogP contribution in [0.1, 0.15) is 37.6 Å². The van der Waals surface area contributed by atoms with Crippen molar-refractivity contribution in [3.05, 3.63) is 34.3 Å². The summed E-state index contributed by atoms with van der Waals surface area (Å²) >= 11 is 3.32. The van der Waals surface area contributed by atoms with E-state index in [0.717, 1.165) is 4.47 Å². The summed E-state index contributed by atoms with van der Waals surface area (Å²) in [5.74, 6) is 0.225. The van der Waals surface area contributed by atoms with Crippen LogP contribution in [0.25, 0.3) is 0 Å². The van der Waals surface area contributed by atoms with Gasteiger partial charge in [0.1, 0.15) is 0 Å². The van der Waals surface area contributed by atoms with E-state index in [2.05, 4.69) is 21.2 Å². The first-order valence-corrected chi connectivity index (χ1v) is 6.85. The quantitative estimate of drug-likeness (QED) is 0.878. The van der Waals surface area contributed by atoms with Gasteiger partial charge in [-0.1, -0.05) is 35.8 Å². The molecule has 0 aliphatic carbocycles. The van der Waals surface area contributed by atoms with Gasteiger partial charge in [0, 0.05) is 16.6 Å². The lowest BCUT2D eigenvalue weighted by Crippen LogP contribution is -2.41. The highest BCUT2D eigenvalue weighted by Crippen LogP contribution is 2.16. The number of aliphatic hydroxyl groups is 1. The van der Waals surface area contributed by atoms with Gasteiger partial charge in [-0.05, 0) is 37.5 Å². The fourth-order valence-electron chi connectivity index (χ4n) is 1.95. The van der Waals surface area contributed by atoms with Gasteiger partial charge >= 0.3 is 0 Å². The Balaban J connectivity index is 2.56. The van der Waals surface area contributed by atoms with Gasteiger partial charge in [0.05, 0.1) is 5.60 Å². The van der Waals surface area contributed by atoms with Crippen molar-refractivity contribution in [1.29, 1.82) is 0 Å². The van der Waals surface area contributed by atoms with Crippen LogP contribution in [0.5, 0.6) is 0 Å². The molecule has 0 aliphatic rings. The molecule has 4 heteroatoms. The van der Waals surface area contributed by atoms with E-state index in [1.807, 2.05) is 26.0 Å². The van der Waals surface area contributed by atoms with E-state index in [1.54, 1.807) is 19.1 Å². The standard InChI is InChI=1S/C14H20BrNO2/c1-10(2)8-14(3,18)9-16-13(17)11-5-4-6-12(15)7-11/h4-7,10,18H,8-9H2,1-3H3,(H,16,17). The van der Waals surface area contributed by atoms with Gasteiger partial charge in [-0.25, -0.2) is 0 Å². The number of hydrogen-bond donors (Lipinski definition) is 2. The third-order valence-corrected chi connectivity index (χ3v) is 3.06. The molecule has 3 nitrogen and oxygen atoms in total. The molecule has 0 fully saturated rings. The summed E-state index contributed by atoms with van der Waals surface area (Å²) < 4.78 is 0.865. The number of carbonyl (C=O) groups is 1. The minimum atomic E-state index is -0.865. The van der Waals surface area contributed by atoms with Gasteiger partial charge in [-0.2, -0.15) is 0 Å². The van der Waals surface area contributed by atoms with E-state index in [-0.39, 0.29) is 12.5 Å². The average molecular weight is 314 g/mol. The molecule has 0 radical (unpaired) electrons. The smallest absolute Gasteiger partial charge is 0.251 e. The molecule has 1 atom stereocenters. The van der Waals surface area contributed by atoms with Crippen molar-refractivity contribution >= 4 is 21.8 Å². The molecule has 100 valence electrons. The summed E-state index contributed by atoms with van der Waals surface area (Å²) in [6.07, 6.45) is 0.658. The number of nitrogens with one attached hydrogen (secondary N) is 1. The zero-order valence-corrected chi connectivity index (χ0v) is 12.6. The van der Waals surface area contributed by atoms with Crippen molar-refractivity contribution in [2.75, 3.05) is 6.54 Å². The summed E-state index contributed by atoms with van der Waals surface area (Å²) in [6.45, 7) is 6.10. The molecule has 0 saturated carbocycles. The van der Waals surface area contributed by atoms with E-state index in [1.165, 1.54) is 0 Å². The summed E-state index contributed by atoms with van der Waals surface area (Å²) in [5, 5.41) is 12.9. The van der Waals surface area contributed by atoms with Crippen LogP contribution in [-0.4, -0.2) is 23.2 Å². The van der Waals surface area contributed by atoms with Crippen LogP contribution in [0.2, 0.25) is 0 Å². The number of carbonyl (C=O) groups excluding carboxylic acids is 1. The summed E-state index contributed by atoms with van der Waals surface area (Å²) in [6, 6.07) is 7.18. The molecule has 1 rings (SSSR count). The lowest BCUT2D eigenvalue weighted by molar-refractivity contribution is 0.0368. The Bertz CT molecular complexity index is 416. The van der Waals surface area contributed by atoms with Gasteiger partial charge in [0.25, 0.3) is 5.91 Å². The minimum absolute atomic E-state index is 0.166. The van der Waals surface area contributed by atoms with Crippen LogP contribution in [0, 0.1) is 5.92 Å². The summed E-state index contributed by atoms with van der Waals surface area (Å²) in [4.78, 5) is 11.9. The Labute approximate surface area is 117 Å². The molecule has 0 aromatic heterocycles. The number of rotatable bonds is 5. The fraction of sp³-hybridized carbons (Fsp3) is 0.500. The van der Waals surface area contributed by atoms with Crippen LogP contribution in [0.15, 0.2) is 28.7 Å². The average Bonchev–Trinajstić information content (AvgIpc) is 2.24. The zero-order valence-electron chi connectivity index (χ0n) is 11.0. The van der Waals surface area contributed by atoms with Crippen LogP contribution < -0.4 is 5.32 Å². The normalized spacial score (nSPS) is 14.3. The molecule has 18 heavy (non-hydrogen) atoms. The number of benzene rings is 1. The maximum absolute atomic E-state index is 11.9. The minimum Gasteiger partial charge on any atom is -0.388 e. The number of amides is 1. The van der Waals surface area contributed by atoms with E-state index in [0.29, 0.717) is 17.9 Å². The van der Waals surface area contributed by atoms with Crippen molar-refractivity contribution in [2.24, 2.45) is 5.92 Å². The molecule has 0 bridgehead atoms. The predicted molar refractivity (Wildman–Crippen MR) is 76.6 cm³/mol. The van der Waals surface area contributed by atoms with Crippen LogP contribution >= 0.6 is 15.9 Å². The first-order chi connectivity index (χ1) is 8.30. The van der Waals surface area contributed by atoms with Gasteiger partial charge in [0.2, 0.25) is 0 Å². The second-order valence-corrected chi connectivity index (χ2v) is 6.20. The van der Waals surface area contributed by atoms with E-state index < -0.39 is 5.60 Å². The first kappa shape index (κ1) is 15.2. The second-order valence-electron chi connectivity index (χ2n) is 5.29. The van der Waals surface area contributed by atoms with Crippen molar-refractivity contribution in [3.8, 4) is 0 Å². The highest BCUT2D eigenvalue weighted by atomic mass is 79.9. The molecule has 1 amide bonds. The van der Waals surface area contributed by atoms with E-state index in [4.69, 9.17) is 0 Å². The highest BCUT2D eigenvalue weighted by molar-refractivity contribution is 9.10. The Morgan fingerprint density at radius 3 is 2.72 bits per heavy atom. The van der Waals surface area contributed by atoms with E-state index >= 15 is 0 Å².